The molecule has 2 rings (SSSR count). The molecule has 0 atom stereocenters. The van der Waals surface area contributed by atoms with Gasteiger partial charge in [-0.2, -0.15) is 0 Å². The number of ketones is 1. The van der Waals surface area contributed by atoms with Crippen LogP contribution in [-0.4, -0.2) is 21.8 Å². The molecule has 0 unspecified atom stereocenters. The zero-order valence-corrected chi connectivity index (χ0v) is 6.93. The first-order chi connectivity index (χ1) is 6.70. The standard InChI is InChI=1S/C9H5NO4/c11-8(9(12)13)5-2-1-3-6-7(5)10-4-14-6/h1-4H,(H,12,13). The molecule has 0 radical (unpaired) electrons. The summed E-state index contributed by atoms with van der Waals surface area (Å²) < 4.78 is 4.93. The SMILES string of the molecule is O=C(O)C(=O)c1cccc2ocnc12. The van der Waals surface area contributed by atoms with E-state index in [9.17, 15) is 9.59 Å². The number of carbonyl (C=O) groups excluding carboxylic acids is 1. The maximum atomic E-state index is 11.2. The molecule has 0 fully saturated rings. The van der Waals surface area contributed by atoms with Gasteiger partial charge in [0.05, 0.1) is 5.56 Å². The molecule has 2 aromatic rings. The minimum atomic E-state index is -1.50. The molecule has 5 nitrogen and oxygen atoms in total. The Morgan fingerprint density at radius 3 is 2.86 bits per heavy atom. The number of para-hydroxylation sites is 1. The fourth-order valence-electron chi connectivity index (χ4n) is 1.18. The van der Waals surface area contributed by atoms with Crippen LogP contribution in [0.15, 0.2) is 29.0 Å². The Labute approximate surface area is 78.0 Å². The number of nitrogens with zero attached hydrogens (tertiary/aromatic N) is 1. The number of hydrogen-bond donors (Lipinski definition) is 1. The molecule has 0 bridgehead atoms. The third kappa shape index (κ3) is 1.15. The highest BCUT2D eigenvalue weighted by atomic mass is 16.4. The number of carboxylic acid groups (broad SMARTS) is 1. The van der Waals surface area contributed by atoms with E-state index in [4.69, 9.17) is 9.52 Å². The van der Waals surface area contributed by atoms with Crippen LogP contribution in [0.1, 0.15) is 10.4 Å². The maximum Gasteiger partial charge on any atom is 0.377 e. The first kappa shape index (κ1) is 8.43. The van der Waals surface area contributed by atoms with Crippen molar-refractivity contribution in [1.82, 2.24) is 4.98 Å². The zero-order valence-electron chi connectivity index (χ0n) is 6.93. The number of hydrogen-bond acceptors (Lipinski definition) is 4. The monoisotopic (exact) mass is 191 g/mol. The lowest BCUT2D eigenvalue weighted by Gasteiger charge is -1.95. The molecule has 1 N–H and O–H groups in total. The molecule has 14 heavy (non-hydrogen) atoms. The van der Waals surface area contributed by atoms with Crippen LogP contribution < -0.4 is 0 Å². The molecule has 0 aliphatic carbocycles. The number of Topliss-reactive ketones (excluding diaryl/α,β-unsaturated/α-hetero) is 1. The van der Waals surface area contributed by atoms with E-state index in [1.54, 1.807) is 12.1 Å². The van der Waals surface area contributed by atoms with Gasteiger partial charge in [-0.1, -0.05) is 6.07 Å². The second kappa shape index (κ2) is 2.95. The third-order valence-electron chi connectivity index (χ3n) is 1.80. The van der Waals surface area contributed by atoms with E-state index < -0.39 is 11.8 Å². The molecule has 0 saturated heterocycles. The van der Waals surface area contributed by atoms with Gasteiger partial charge in [-0.05, 0) is 12.1 Å². The lowest BCUT2D eigenvalue weighted by atomic mass is 10.1. The molecule has 0 aliphatic heterocycles. The Morgan fingerprint density at radius 1 is 1.36 bits per heavy atom. The topological polar surface area (TPSA) is 80.4 Å². The van der Waals surface area contributed by atoms with E-state index >= 15 is 0 Å². The van der Waals surface area contributed by atoms with E-state index in [-0.39, 0.29) is 11.1 Å². The van der Waals surface area contributed by atoms with Crippen molar-refractivity contribution in [3.8, 4) is 0 Å². The smallest absolute Gasteiger partial charge is 0.377 e. The predicted octanol–water partition coefficient (Wildman–Crippen LogP) is 1.10. The predicted molar refractivity (Wildman–Crippen MR) is 46.0 cm³/mol. The van der Waals surface area contributed by atoms with Gasteiger partial charge in [0.2, 0.25) is 0 Å². The van der Waals surface area contributed by atoms with E-state index in [2.05, 4.69) is 4.98 Å². The van der Waals surface area contributed by atoms with E-state index in [0.717, 1.165) is 0 Å². The van der Waals surface area contributed by atoms with Gasteiger partial charge >= 0.3 is 5.97 Å². The van der Waals surface area contributed by atoms with Gasteiger partial charge in [-0.15, -0.1) is 0 Å². The number of aromatic nitrogens is 1. The van der Waals surface area contributed by atoms with Gasteiger partial charge in [0, 0.05) is 0 Å². The minimum absolute atomic E-state index is 0.0451. The molecule has 1 heterocycles. The molecular weight excluding hydrogens is 186 g/mol. The molecular formula is C9H5NO4. The van der Waals surface area contributed by atoms with Crippen molar-refractivity contribution >= 4 is 22.9 Å². The van der Waals surface area contributed by atoms with Crippen molar-refractivity contribution < 1.29 is 19.1 Å². The normalized spacial score (nSPS) is 10.3. The summed E-state index contributed by atoms with van der Waals surface area (Å²) in [5, 5.41) is 8.52. The van der Waals surface area contributed by atoms with E-state index in [1.165, 1.54) is 12.5 Å². The number of benzene rings is 1. The minimum Gasteiger partial charge on any atom is -0.475 e. The highest BCUT2D eigenvalue weighted by molar-refractivity contribution is 6.41. The van der Waals surface area contributed by atoms with Crippen molar-refractivity contribution in [1.29, 1.82) is 0 Å². The number of carboxylic acids is 1. The number of rotatable bonds is 2. The van der Waals surface area contributed by atoms with Crippen molar-refractivity contribution in [2.45, 2.75) is 0 Å². The molecule has 0 aliphatic rings. The van der Waals surface area contributed by atoms with Crippen LogP contribution in [0.4, 0.5) is 0 Å². The first-order valence-corrected chi connectivity index (χ1v) is 3.80. The summed E-state index contributed by atoms with van der Waals surface area (Å²) in [5.74, 6) is -2.48. The van der Waals surface area contributed by atoms with Gasteiger partial charge in [0.25, 0.3) is 5.78 Å². The van der Waals surface area contributed by atoms with E-state index in [1.807, 2.05) is 0 Å². The average Bonchev–Trinajstić information content (AvgIpc) is 2.63. The number of aliphatic carboxylic acids is 1. The van der Waals surface area contributed by atoms with E-state index in [0.29, 0.717) is 5.58 Å². The highest BCUT2D eigenvalue weighted by Crippen LogP contribution is 2.17. The summed E-state index contributed by atoms with van der Waals surface area (Å²) in [5.41, 5.74) is 0.723. The number of oxazole rings is 1. The van der Waals surface area contributed by atoms with Gasteiger partial charge in [0.15, 0.2) is 12.0 Å². The van der Waals surface area contributed by atoms with Gasteiger partial charge in [-0.25, -0.2) is 9.78 Å². The second-order valence-corrected chi connectivity index (χ2v) is 2.64. The molecule has 70 valence electrons. The fraction of sp³-hybridized carbons (Fsp3) is 0. The summed E-state index contributed by atoms with van der Waals surface area (Å²) in [7, 11) is 0. The van der Waals surface area contributed by atoms with Gasteiger partial charge in [-0.3, -0.25) is 4.79 Å². The van der Waals surface area contributed by atoms with Crippen LogP contribution in [-0.2, 0) is 4.79 Å². The quantitative estimate of drug-likeness (QED) is 0.567. The van der Waals surface area contributed by atoms with Gasteiger partial charge in [0.1, 0.15) is 5.52 Å². The van der Waals surface area contributed by atoms with Crippen molar-refractivity contribution in [2.75, 3.05) is 0 Å². The third-order valence-corrected chi connectivity index (χ3v) is 1.80. The summed E-state index contributed by atoms with van der Waals surface area (Å²) in [6.07, 6.45) is 1.17. The molecule has 0 amide bonds. The van der Waals surface area contributed by atoms with Gasteiger partial charge < -0.3 is 9.52 Å². The lowest BCUT2D eigenvalue weighted by molar-refractivity contribution is -0.131. The Hall–Kier alpha value is -2.17. The first-order valence-electron chi connectivity index (χ1n) is 3.80. The molecule has 5 heteroatoms. The van der Waals surface area contributed by atoms with Crippen molar-refractivity contribution in [3.63, 3.8) is 0 Å². The summed E-state index contributed by atoms with van der Waals surface area (Å²) >= 11 is 0. The lowest BCUT2D eigenvalue weighted by Crippen LogP contribution is -2.12. The largest absolute Gasteiger partial charge is 0.475 e. The summed E-state index contributed by atoms with van der Waals surface area (Å²) in [4.78, 5) is 25.4. The van der Waals surface area contributed by atoms with Crippen LogP contribution in [0, 0.1) is 0 Å². The highest BCUT2D eigenvalue weighted by Gasteiger charge is 2.18. The second-order valence-electron chi connectivity index (χ2n) is 2.64. The Bertz CT molecular complexity index is 514. The molecule has 1 aromatic carbocycles. The van der Waals surface area contributed by atoms with Crippen LogP contribution >= 0.6 is 0 Å². The van der Waals surface area contributed by atoms with Crippen molar-refractivity contribution in [3.05, 3.63) is 30.2 Å². The summed E-state index contributed by atoms with van der Waals surface area (Å²) in [6.45, 7) is 0. The Morgan fingerprint density at radius 2 is 2.14 bits per heavy atom. The maximum absolute atomic E-state index is 11.2. The number of fused-ring (bicyclic) bond motifs is 1. The Kier molecular flexibility index (Phi) is 1.78. The van der Waals surface area contributed by atoms with Crippen molar-refractivity contribution in [2.24, 2.45) is 0 Å². The van der Waals surface area contributed by atoms with Crippen LogP contribution in [0.2, 0.25) is 0 Å². The fourth-order valence-corrected chi connectivity index (χ4v) is 1.18. The Balaban J connectivity index is 2.67. The molecule has 0 saturated carbocycles. The van der Waals surface area contributed by atoms with Crippen LogP contribution in [0.3, 0.4) is 0 Å². The molecule has 0 spiro atoms. The zero-order chi connectivity index (χ0) is 10.1. The average molecular weight is 191 g/mol. The summed E-state index contributed by atoms with van der Waals surface area (Å²) in [6, 6.07) is 4.56. The molecule has 1 aromatic heterocycles. The number of carbonyl (C=O) groups is 2. The van der Waals surface area contributed by atoms with Crippen LogP contribution in [0.25, 0.3) is 11.1 Å². The van der Waals surface area contributed by atoms with Crippen LogP contribution in [0.5, 0.6) is 0 Å².